The first-order chi connectivity index (χ1) is 8.66. The van der Waals surface area contributed by atoms with Crippen molar-refractivity contribution in [1.82, 2.24) is 19.6 Å². The highest BCUT2D eigenvalue weighted by Gasteiger charge is 2.46. The van der Waals surface area contributed by atoms with Gasteiger partial charge < -0.3 is 14.9 Å². The van der Waals surface area contributed by atoms with Gasteiger partial charge in [-0.15, -0.1) is 5.10 Å². The highest BCUT2D eigenvalue weighted by atomic mass is 32.1. The van der Waals surface area contributed by atoms with E-state index in [2.05, 4.69) is 10.3 Å². The summed E-state index contributed by atoms with van der Waals surface area (Å²) in [7, 11) is 0. The molecule has 4 rings (SSSR count). The van der Waals surface area contributed by atoms with Gasteiger partial charge in [-0.2, -0.15) is 0 Å². The summed E-state index contributed by atoms with van der Waals surface area (Å²) in [5.74, 6) is 0. The number of hydrogen-bond donors (Lipinski definition) is 2. The van der Waals surface area contributed by atoms with Gasteiger partial charge in [-0.1, -0.05) is 17.4 Å². The SMILES string of the molecule is OC1C(O)[C@@H]2O[C@H]1Cn1nnc3ccc(=S)n2c31. The third-order valence-corrected chi connectivity index (χ3v) is 3.86. The van der Waals surface area contributed by atoms with E-state index in [0.29, 0.717) is 16.7 Å². The number of aromatic nitrogens is 4. The second-order valence-electron chi connectivity index (χ2n) is 4.57. The minimum Gasteiger partial charge on any atom is -0.387 e. The third-order valence-electron chi connectivity index (χ3n) is 3.53. The Bertz CT molecular complexity index is 696. The predicted octanol–water partition coefficient (Wildman–Crippen LogP) is -0.405. The van der Waals surface area contributed by atoms with Gasteiger partial charge in [0.1, 0.15) is 28.5 Å². The second-order valence-corrected chi connectivity index (χ2v) is 4.99. The molecule has 94 valence electrons. The fourth-order valence-corrected chi connectivity index (χ4v) is 2.90. The van der Waals surface area contributed by atoms with E-state index in [0.717, 1.165) is 5.65 Å². The summed E-state index contributed by atoms with van der Waals surface area (Å²) >= 11 is 5.27. The molecule has 2 aliphatic rings. The summed E-state index contributed by atoms with van der Waals surface area (Å²) in [6.07, 6.45) is -3.11. The number of aliphatic hydroxyl groups is 2. The van der Waals surface area contributed by atoms with Gasteiger partial charge >= 0.3 is 0 Å². The summed E-state index contributed by atoms with van der Waals surface area (Å²) in [5, 5.41) is 28.0. The van der Waals surface area contributed by atoms with Gasteiger partial charge in [0.15, 0.2) is 11.9 Å². The third kappa shape index (κ3) is 1.15. The molecule has 18 heavy (non-hydrogen) atoms. The van der Waals surface area contributed by atoms with Crippen molar-refractivity contribution in [3.63, 3.8) is 0 Å². The van der Waals surface area contributed by atoms with Crippen molar-refractivity contribution in [2.24, 2.45) is 0 Å². The van der Waals surface area contributed by atoms with Crippen LogP contribution in [0.15, 0.2) is 12.1 Å². The van der Waals surface area contributed by atoms with Crippen LogP contribution in [0.4, 0.5) is 0 Å². The van der Waals surface area contributed by atoms with E-state index >= 15 is 0 Å². The van der Waals surface area contributed by atoms with E-state index in [9.17, 15) is 10.2 Å². The van der Waals surface area contributed by atoms with Crippen LogP contribution in [0.1, 0.15) is 6.23 Å². The molecular weight excluding hydrogens is 256 g/mol. The molecule has 2 aromatic heterocycles. The van der Waals surface area contributed by atoms with E-state index in [1.807, 2.05) is 0 Å². The highest BCUT2D eigenvalue weighted by molar-refractivity contribution is 7.71. The van der Waals surface area contributed by atoms with Crippen molar-refractivity contribution in [2.45, 2.75) is 31.1 Å². The molecule has 2 unspecified atom stereocenters. The summed E-state index contributed by atoms with van der Waals surface area (Å²) in [6.45, 7) is 0.351. The molecule has 0 aliphatic carbocycles. The summed E-state index contributed by atoms with van der Waals surface area (Å²) in [5.41, 5.74) is 1.42. The minimum atomic E-state index is -0.990. The van der Waals surface area contributed by atoms with Gasteiger partial charge in [0.05, 0.1) is 6.54 Å². The van der Waals surface area contributed by atoms with E-state index in [4.69, 9.17) is 17.0 Å². The Labute approximate surface area is 106 Å². The van der Waals surface area contributed by atoms with Crippen molar-refractivity contribution >= 4 is 23.4 Å². The molecular formula is C10H10N4O3S. The number of fused-ring (bicyclic) bond motifs is 3. The van der Waals surface area contributed by atoms with Crippen molar-refractivity contribution in [3.05, 3.63) is 16.8 Å². The first-order valence-corrected chi connectivity index (χ1v) is 6.04. The zero-order valence-corrected chi connectivity index (χ0v) is 9.99. The lowest BCUT2D eigenvalue weighted by atomic mass is 10.1. The molecule has 1 fully saturated rings. The number of pyridine rings is 1. The van der Waals surface area contributed by atoms with Gasteiger partial charge in [-0.3, -0.25) is 4.57 Å². The van der Waals surface area contributed by atoms with Crippen molar-refractivity contribution in [2.75, 3.05) is 0 Å². The van der Waals surface area contributed by atoms with Gasteiger partial charge in [0, 0.05) is 0 Å². The Morgan fingerprint density at radius 1 is 1.33 bits per heavy atom. The first kappa shape index (κ1) is 10.6. The number of hydrogen-bond acceptors (Lipinski definition) is 6. The van der Waals surface area contributed by atoms with E-state index in [1.54, 1.807) is 21.4 Å². The molecule has 8 heteroatoms. The molecule has 2 aromatic rings. The minimum absolute atomic E-state index is 0.351. The standard InChI is InChI=1S/C10H10N4O3S/c15-7-5-3-13-9-4(11-12-13)1-2-6(18)14(9)10(17-5)8(7)16/h1-2,5,7-8,10,15-16H,3H2/t5-,7?,8?,10-/m0/s1. The van der Waals surface area contributed by atoms with Gasteiger partial charge in [-0.25, -0.2) is 4.68 Å². The number of ether oxygens (including phenoxy) is 1. The lowest BCUT2D eigenvalue weighted by Gasteiger charge is -2.20. The number of rotatable bonds is 0. The molecule has 2 aliphatic heterocycles. The molecule has 4 atom stereocenters. The van der Waals surface area contributed by atoms with Crippen molar-refractivity contribution in [1.29, 1.82) is 0 Å². The van der Waals surface area contributed by atoms with Crippen LogP contribution in [0, 0.1) is 4.64 Å². The molecule has 0 spiro atoms. The van der Waals surface area contributed by atoms with Gasteiger partial charge in [-0.05, 0) is 12.1 Å². The van der Waals surface area contributed by atoms with Crippen LogP contribution in [-0.2, 0) is 11.3 Å². The maximum atomic E-state index is 10.0. The summed E-state index contributed by atoms with van der Waals surface area (Å²) < 4.78 is 9.51. The Kier molecular flexibility index (Phi) is 1.97. The topological polar surface area (TPSA) is 85.3 Å². The Morgan fingerprint density at radius 3 is 3.00 bits per heavy atom. The van der Waals surface area contributed by atoms with Crippen LogP contribution in [0.3, 0.4) is 0 Å². The van der Waals surface area contributed by atoms with E-state index in [-0.39, 0.29) is 0 Å². The molecule has 0 saturated carbocycles. The lowest BCUT2D eigenvalue weighted by Crippen LogP contribution is -2.36. The Balaban J connectivity index is 2.10. The number of aliphatic hydroxyl groups excluding tert-OH is 2. The summed E-state index contributed by atoms with van der Waals surface area (Å²) in [4.78, 5) is 0. The fourth-order valence-electron chi connectivity index (χ4n) is 2.64. The van der Waals surface area contributed by atoms with E-state index in [1.165, 1.54) is 0 Å². The zero-order valence-electron chi connectivity index (χ0n) is 9.17. The zero-order chi connectivity index (χ0) is 12.4. The monoisotopic (exact) mass is 266 g/mol. The maximum Gasteiger partial charge on any atom is 0.165 e. The molecule has 0 radical (unpaired) electrons. The normalized spacial score (nSPS) is 33.9. The van der Waals surface area contributed by atoms with E-state index < -0.39 is 24.5 Å². The van der Waals surface area contributed by atoms with Crippen LogP contribution in [0.5, 0.6) is 0 Å². The smallest absolute Gasteiger partial charge is 0.165 e. The van der Waals surface area contributed by atoms with Crippen LogP contribution >= 0.6 is 12.2 Å². The van der Waals surface area contributed by atoms with Crippen LogP contribution in [-0.4, -0.2) is 48.1 Å². The summed E-state index contributed by atoms with van der Waals surface area (Å²) in [6, 6.07) is 3.51. The highest BCUT2D eigenvalue weighted by Crippen LogP contribution is 2.35. The van der Waals surface area contributed by atoms with Gasteiger partial charge in [0.2, 0.25) is 0 Å². The number of nitrogens with zero attached hydrogens (tertiary/aromatic N) is 4. The maximum absolute atomic E-state index is 10.0. The molecule has 1 saturated heterocycles. The average molecular weight is 266 g/mol. The van der Waals surface area contributed by atoms with Crippen LogP contribution in [0.25, 0.3) is 11.2 Å². The first-order valence-electron chi connectivity index (χ1n) is 5.63. The lowest BCUT2D eigenvalue weighted by molar-refractivity contribution is -0.0342. The second kappa shape index (κ2) is 3.35. The quantitative estimate of drug-likeness (QED) is 0.631. The molecule has 2 N–H and O–H groups in total. The fraction of sp³-hybridized carbons (Fsp3) is 0.500. The molecule has 0 aromatic carbocycles. The van der Waals surface area contributed by atoms with Crippen molar-refractivity contribution < 1.29 is 14.9 Å². The molecule has 7 nitrogen and oxygen atoms in total. The molecule has 2 bridgehead atoms. The predicted molar refractivity (Wildman–Crippen MR) is 62.3 cm³/mol. The van der Waals surface area contributed by atoms with Crippen molar-refractivity contribution in [3.8, 4) is 0 Å². The Hall–Kier alpha value is -1.35. The largest absolute Gasteiger partial charge is 0.387 e. The van der Waals surface area contributed by atoms with Crippen LogP contribution in [0.2, 0.25) is 0 Å². The molecule has 4 heterocycles. The van der Waals surface area contributed by atoms with Gasteiger partial charge in [0.25, 0.3) is 0 Å². The van der Waals surface area contributed by atoms with Crippen LogP contribution < -0.4 is 0 Å². The molecule has 0 amide bonds. The average Bonchev–Trinajstić information content (AvgIpc) is 2.80. The Morgan fingerprint density at radius 2 is 2.17 bits per heavy atom.